The summed E-state index contributed by atoms with van der Waals surface area (Å²) in [7, 11) is 0. The van der Waals surface area contributed by atoms with Gasteiger partial charge in [-0.15, -0.1) is 11.8 Å². The van der Waals surface area contributed by atoms with Gasteiger partial charge in [-0.25, -0.2) is 4.90 Å². The standard InChI is InChI=1S/C15H18N2O4S/c1-2-9-5-3-4-6-11(9)17-13(18)7-12(14(17)19)22-8-10(16)15(20)21/h3-6,10,12H,2,7-8,16H2,1H3,(H,20,21)/t10-,12-/m1/s1. The number of aryl methyl sites for hydroxylation is 1. The van der Waals surface area contributed by atoms with Crippen LogP contribution in [0.4, 0.5) is 5.69 Å². The van der Waals surface area contributed by atoms with Crippen LogP contribution in [-0.2, 0) is 20.8 Å². The van der Waals surface area contributed by atoms with Crippen LogP contribution in [0.1, 0.15) is 18.9 Å². The number of nitrogens with two attached hydrogens (primary N) is 1. The maximum Gasteiger partial charge on any atom is 0.321 e. The van der Waals surface area contributed by atoms with Crippen molar-refractivity contribution in [2.75, 3.05) is 10.7 Å². The van der Waals surface area contributed by atoms with Gasteiger partial charge in [-0.05, 0) is 18.1 Å². The summed E-state index contributed by atoms with van der Waals surface area (Å²) in [5, 5.41) is 8.20. The number of anilines is 1. The molecule has 7 heteroatoms. The third-order valence-electron chi connectivity index (χ3n) is 3.51. The molecule has 2 atom stereocenters. The number of rotatable bonds is 6. The Morgan fingerprint density at radius 3 is 2.77 bits per heavy atom. The zero-order chi connectivity index (χ0) is 16.3. The van der Waals surface area contributed by atoms with E-state index in [9.17, 15) is 14.4 Å². The van der Waals surface area contributed by atoms with Gasteiger partial charge in [0.25, 0.3) is 0 Å². The molecule has 1 saturated heterocycles. The first kappa shape index (κ1) is 16.5. The third-order valence-corrected chi connectivity index (χ3v) is 4.84. The van der Waals surface area contributed by atoms with Crippen molar-refractivity contribution in [2.45, 2.75) is 31.1 Å². The lowest BCUT2D eigenvalue weighted by Crippen LogP contribution is -2.35. The summed E-state index contributed by atoms with van der Waals surface area (Å²) in [6.07, 6.45) is 0.794. The second kappa shape index (κ2) is 6.93. The van der Waals surface area contributed by atoms with E-state index in [1.165, 1.54) is 4.90 Å². The van der Waals surface area contributed by atoms with Crippen molar-refractivity contribution in [1.82, 2.24) is 0 Å². The van der Waals surface area contributed by atoms with E-state index < -0.39 is 17.3 Å². The van der Waals surface area contributed by atoms with Crippen molar-refractivity contribution < 1.29 is 19.5 Å². The van der Waals surface area contributed by atoms with Crippen LogP contribution >= 0.6 is 11.8 Å². The predicted octanol–water partition coefficient (Wildman–Crippen LogP) is 1.03. The van der Waals surface area contributed by atoms with Gasteiger partial charge in [-0.1, -0.05) is 25.1 Å². The third kappa shape index (κ3) is 3.31. The van der Waals surface area contributed by atoms with Crippen LogP contribution in [0, 0.1) is 0 Å². The van der Waals surface area contributed by atoms with Crippen LogP contribution < -0.4 is 10.6 Å². The molecule has 2 rings (SSSR count). The maximum absolute atomic E-state index is 12.5. The zero-order valence-corrected chi connectivity index (χ0v) is 13.0. The molecule has 0 spiro atoms. The quantitative estimate of drug-likeness (QED) is 0.759. The van der Waals surface area contributed by atoms with Crippen molar-refractivity contribution in [3.63, 3.8) is 0 Å². The summed E-state index contributed by atoms with van der Waals surface area (Å²) in [6.45, 7) is 1.96. The molecule has 1 aromatic rings. The molecule has 1 aromatic carbocycles. The number of carboxylic acid groups (broad SMARTS) is 1. The predicted molar refractivity (Wildman–Crippen MR) is 84.8 cm³/mol. The maximum atomic E-state index is 12.5. The van der Waals surface area contributed by atoms with Crippen LogP contribution in [0.5, 0.6) is 0 Å². The Hall–Kier alpha value is -1.86. The summed E-state index contributed by atoms with van der Waals surface area (Å²) in [5.74, 6) is -1.57. The number of thioether (sulfide) groups is 1. The number of carbonyl (C=O) groups is 3. The van der Waals surface area contributed by atoms with Gasteiger partial charge in [0.1, 0.15) is 6.04 Å². The molecule has 0 bridgehead atoms. The average molecular weight is 322 g/mol. The van der Waals surface area contributed by atoms with E-state index in [0.717, 1.165) is 23.7 Å². The fraction of sp³-hybridized carbons (Fsp3) is 0.400. The number of imide groups is 1. The number of aliphatic carboxylic acids is 1. The van der Waals surface area contributed by atoms with Gasteiger partial charge in [0.2, 0.25) is 11.8 Å². The summed E-state index contributed by atoms with van der Waals surface area (Å²) in [5.41, 5.74) is 6.98. The minimum Gasteiger partial charge on any atom is -0.480 e. The van der Waals surface area contributed by atoms with Crippen LogP contribution in [0.15, 0.2) is 24.3 Å². The Bertz CT molecular complexity index is 605. The molecule has 3 N–H and O–H groups in total. The van der Waals surface area contributed by atoms with Gasteiger partial charge in [0.05, 0.1) is 10.9 Å². The molecule has 1 heterocycles. The van der Waals surface area contributed by atoms with Crippen molar-refractivity contribution in [3.8, 4) is 0 Å². The zero-order valence-electron chi connectivity index (χ0n) is 12.2. The fourth-order valence-electron chi connectivity index (χ4n) is 2.31. The Balaban J connectivity index is 2.14. The first-order chi connectivity index (χ1) is 10.5. The summed E-state index contributed by atoms with van der Waals surface area (Å²) in [6, 6.07) is 6.26. The largest absolute Gasteiger partial charge is 0.480 e. The number of carboxylic acids is 1. The minimum atomic E-state index is -1.11. The Labute approximate surface area is 132 Å². The summed E-state index contributed by atoms with van der Waals surface area (Å²) < 4.78 is 0. The summed E-state index contributed by atoms with van der Waals surface area (Å²) in [4.78, 5) is 36.6. The topological polar surface area (TPSA) is 101 Å². The van der Waals surface area contributed by atoms with Crippen molar-refractivity contribution in [2.24, 2.45) is 5.73 Å². The molecule has 118 valence electrons. The SMILES string of the molecule is CCc1ccccc1N1C(=O)C[C@@H](SC[C@@H](N)C(=O)O)C1=O. The molecule has 0 aliphatic carbocycles. The Morgan fingerprint density at radius 2 is 2.14 bits per heavy atom. The highest BCUT2D eigenvalue weighted by Crippen LogP contribution is 2.32. The number of benzene rings is 1. The molecule has 2 amide bonds. The molecular weight excluding hydrogens is 304 g/mol. The molecule has 6 nitrogen and oxygen atoms in total. The van der Waals surface area contributed by atoms with Crippen molar-refractivity contribution in [1.29, 1.82) is 0 Å². The molecule has 1 aliphatic rings. The number of carbonyl (C=O) groups excluding carboxylic acids is 2. The van der Waals surface area contributed by atoms with E-state index >= 15 is 0 Å². The molecule has 1 fully saturated rings. The number of amides is 2. The highest BCUT2D eigenvalue weighted by Gasteiger charge is 2.40. The molecule has 1 aliphatic heterocycles. The first-order valence-electron chi connectivity index (χ1n) is 7.00. The van der Waals surface area contributed by atoms with E-state index in [2.05, 4.69) is 0 Å². The van der Waals surface area contributed by atoms with Gasteiger partial charge in [0.15, 0.2) is 0 Å². The van der Waals surface area contributed by atoms with E-state index in [1.807, 2.05) is 19.1 Å². The molecule has 0 unspecified atom stereocenters. The number of nitrogens with zero attached hydrogens (tertiary/aromatic N) is 1. The van der Waals surface area contributed by atoms with Crippen molar-refractivity contribution in [3.05, 3.63) is 29.8 Å². The lowest BCUT2D eigenvalue weighted by Gasteiger charge is -2.18. The highest BCUT2D eigenvalue weighted by atomic mass is 32.2. The molecular formula is C15H18N2O4S. The highest BCUT2D eigenvalue weighted by molar-refractivity contribution is 8.00. The molecule has 0 saturated carbocycles. The number of para-hydroxylation sites is 1. The average Bonchev–Trinajstić information content (AvgIpc) is 2.78. The van der Waals surface area contributed by atoms with Gasteiger partial charge < -0.3 is 10.8 Å². The second-order valence-corrected chi connectivity index (χ2v) is 6.26. The van der Waals surface area contributed by atoms with Crippen molar-refractivity contribution >= 4 is 35.2 Å². The second-order valence-electron chi connectivity index (χ2n) is 5.02. The molecule has 22 heavy (non-hydrogen) atoms. The molecule has 0 radical (unpaired) electrons. The van der Waals surface area contributed by atoms with Crippen LogP contribution in [-0.4, -0.2) is 39.9 Å². The molecule has 0 aromatic heterocycles. The normalized spacial score (nSPS) is 19.5. The van der Waals surface area contributed by atoms with Gasteiger partial charge in [0, 0.05) is 12.2 Å². The lowest BCUT2D eigenvalue weighted by atomic mass is 10.1. The lowest BCUT2D eigenvalue weighted by molar-refractivity contribution is -0.138. The van der Waals surface area contributed by atoms with E-state index in [-0.39, 0.29) is 24.0 Å². The van der Waals surface area contributed by atoms with Crippen LogP contribution in [0.2, 0.25) is 0 Å². The Kier molecular flexibility index (Phi) is 5.20. The van der Waals surface area contributed by atoms with Gasteiger partial charge in [-0.3, -0.25) is 14.4 Å². The van der Waals surface area contributed by atoms with E-state index in [1.54, 1.807) is 12.1 Å². The van der Waals surface area contributed by atoms with Gasteiger partial charge in [-0.2, -0.15) is 0 Å². The van der Waals surface area contributed by atoms with Gasteiger partial charge >= 0.3 is 5.97 Å². The number of hydrogen-bond acceptors (Lipinski definition) is 5. The fourth-order valence-corrected chi connectivity index (χ4v) is 3.40. The van der Waals surface area contributed by atoms with E-state index in [0.29, 0.717) is 5.69 Å². The van der Waals surface area contributed by atoms with Crippen LogP contribution in [0.25, 0.3) is 0 Å². The minimum absolute atomic E-state index is 0.0773. The smallest absolute Gasteiger partial charge is 0.321 e. The van der Waals surface area contributed by atoms with E-state index in [4.69, 9.17) is 10.8 Å². The Morgan fingerprint density at radius 1 is 1.45 bits per heavy atom. The summed E-state index contributed by atoms with van der Waals surface area (Å²) >= 11 is 1.13. The first-order valence-corrected chi connectivity index (χ1v) is 8.05. The number of hydrogen-bond donors (Lipinski definition) is 2. The van der Waals surface area contributed by atoms with Crippen LogP contribution in [0.3, 0.4) is 0 Å². The monoisotopic (exact) mass is 322 g/mol.